The summed E-state index contributed by atoms with van der Waals surface area (Å²) in [7, 11) is 0. The largest absolute Gasteiger partial charge is 0.460 e. The van der Waals surface area contributed by atoms with Gasteiger partial charge in [0.1, 0.15) is 11.3 Å². The summed E-state index contributed by atoms with van der Waals surface area (Å²) in [6, 6.07) is 7.52. The Bertz CT molecular complexity index is 707. The first-order chi connectivity index (χ1) is 9.22. The van der Waals surface area contributed by atoms with Gasteiger partial charge in [0.05, 0.1) is 10.9 Å². The van der Waals surface area contributed by atoms with E-state index in [4.69, 9.17) is 4.42 Å². The second-order valence-electron chi connectivity index (χ2n) is 5.23. The molecule has 3 rings (SSSR count). The molecular weight excluding hydrogens is 236 g/mol. The summed E-state index contributed by atoms with van der Waals surface area (Å²) >= 11 is 0. The molecular formula is C17H18O2. The first-order valence-electron chi connectivity index (χ1n) is 6.97. The van der Waals surface area contributed by atoms with E-state index in [1.807, 2.05) is 24.3 Å². The van der Waals surface area contributed by atoms with Gasteiger partial charge in [0, 0.05) is 6.42 Å². The van der Waals surface area contributed by atoms with Gasteiger partial charge in [-0.3, -0.25) is 4.79 Å². The molecule has 0 aliphatic heterocycles. The van der Waals surface area contributed by atoms with Crippen LogP contribution in [-0.2, 0) is 6.42 Å². The van der Waals surface area contributed by atoms with E-state index in [0.29, 0.717) is 16.9 Å². The molecule has 98 valence electrons. The summed E-state index contributed by atoms with van der Waals surface area (Å²) in [5.74, 6) is 1.27. The van der Waals surface area contributed by atoms with Crippen LogP contribution in [-0.4, -0.2) is 0 Å². The van der Waals surface area contributed by atoms with E-state index in [1.54, 1.807) is 0 Å². The van der Waals surface area contributed by atoms with E-state index in [0.717, 1.165) is 30.6 Å². The molecule has 0 saturated carbocycles. The summed E-state index contributed by atoms with van der Waals surface area (Å²) < 4.78 is 5.95. The molecule has 1 aliphatic carbocycles. The normalized spacial score (nSPS) is 16.0. The predicted molar refractivity (Wildman–Crippen MR) is 78.2 cm³/mol. The van der Waals surface area contributed by atoms with Crippen molar-refractivity contribution in [2.75, 3.05) is 0 Å². The van der Waals surface area contributed by atoms with E-state index >= 15 is 0 Å². The molecule has 1 aromatic heterocycles. The van der Waals surface area contributed by atoms with Crippen LogP contribution < -0.4 is 5.43 Å². The van der Waals surface area contributed by atoms with Gasteiger partial charge >= 0.3 is 0 Å². The van der Waals surface area contributed by atoms with Crippen molar-refractivity contribution in [1.82, 2.24) is 0 Å². The molecule has 1 aromatic carbocycles. The average Bonchev–Trinajstić information content (AvgIpc) is 2.46. The average molecular weight is 254 g/mol. The van der Waals surface area contributed by atoms with E-state index in [2.05, 4.69) is 19.9 Å². The predicted octanol–water partition coefficient (Wildman–Crippen LogP) is 4.17. The highest BCUT2D eigenvalue weighted by Gasteiger charge is 2.23. The van der Waals surface area contributed by atoms with Gasteiger partial charge in [-0.15, -0.1) is 0 Å². The van der Waals surface area contributed by atoms with Gasteiger partial charge in [0.2, 0.25) is 0 Å². The Morgan fingerprint density at radius 3 is 2.89 bits per heavy atom. The minimum absolute atomic E-state index is 0.128. The van der Waals surface area contributed by atoms with Gasteiger partial charge in [-0.25, -0.2) is 0 Å². The third-order valence-electron chi connectivity index (χ3n) is 4.04. The third kappa shape index (κ3) is 1.92. The van der Waals surface area contributed by atoms with Crippen LogP contribution >= 0.6 is 0 Å². The number of aryl methyl sites for hydroxylation is 1. The molecule has 1 atom stereocenters. The second-order valence-corrected chi connectivity index (χ2v) is 5.23. The summed E-state index contributed by atoms with van der Waals surface area (Å²) in [5, 5.41) is 0.692. The Morgan fingerprint density at radius 1 is 1.32 bits per heavy atom. The van der Waals surface area contributed by atoms with Crippen LogP contribution in [0.15, 0.2) is 39.6 Å². The number of hydrogen-bond donors (Lipinski definition) is 0. The minimum atomic E-state index is 0.128. The van der Waals surface area contributed by atoms with Crippen molar-refractivity contribution in [1.29, 1.82) is 0 Å². The molecule has 2 aromatic rings. The van der Waals surface area contributed by atoms with Gasteiger partial charge in [0.15, 0.2) is 5.43 Å². The van der Waals surface area contributed by atoms with E-state index in [1.165, 1.54) is 5.57 Å². The molecule has 2 nitrogen and oxygen atoms in total. The number of hydrogen-bond acceptors (Lipinski definition) is 2. The third-order valence-corrected chi connectivity index (χ3v) is 4.04. The number of rotatable bonds is 2. The lowest BCUT2D eigenvalue weighted by atomic mass is 9.85. The second kappa shape index (κ2) is 4.69. The molecule has 0 spiro atoms. The lowest BCUT2D eigenvalue weighted by Crippen LogP contribution is -2.17. The molecule has 0 radical (unpaired) electrons. The smallest absolute Gasteiger partial charge is 0.200 e. The monoisotopic (exact) mass is 254 g/mol. The van der Waals surface area contributed by atoms with Gasteiger partial charge in [-0.2, -0.15) is 0 Å². The van der Waals surface area contributed by atoms with Gasteiger partial charge in [-0.05, 0) is 36.5 Å². The lowest BCUT2D eigenvalue weighted by Gasteiger charge is -2.20. The Labute approximate surface area is 112 Å². The fourth-order valence-electron chi connectivity index (χ4n) is 2.78. The highest BCUT2D eigenvalue weighted by molar-refractivity contribution is 5.82. The van der Waals surface area contributed by atoms with Crippen LogP contribution in [0.4, 0.5) is 0 Å². The minimum Gasteiger partial charge on any atom is -0.460 e. The molecule has 0 fully saturated rings. The Morgan fingerprint density at radius 2 is 2.11 bits per heavy atom. The molecule has 2 heteroatoms. The summed E-state index contributed by atoms with van der Waals surface area (Å²) in [6.45, 7) is 4.33. The molecule has 0 amide bonds. The molecule has 0 bridgehead atoms. The molecule has 1 aliphatic rings. The zero-order valence-electron chi connectivity index (χ0n) is 11.4. The van der Waals surface area contributed by atoms with Crippen molar-refractivity contribution in [3.8, 4) is 0 Å². The zero-order chi connectivity index (χ0) is 13.4. The Balaban J connectivity index is 2.31. The first-order valence-corrected chi connectivity index (χ1v) is 6.97. The molecule has 1 heterocycles. The first kappa shape index (κ1) is 12.2. The van der Waals surface area contributed by atoms with Crippen molar-refractivity contribution in [2.24, 2.45) is 5.92 Å². The van der Waals surface area contributed by atoms with Crippen LogP contribution in [0.2, 0.25) is 0 Å². The number of fused-ring (bicyclic) bond motifs is 2. The Kier molecular flexibility index (Phi) is 3.02. The Hall–Kier alpha value is -1.83. The topological polar surface area (TPSA) is 30.2 Å². The highest BCUT2D eigenvalue weighted by Crippen LogP contribution is 2.32. The van der Waals surface area contributed by atoms with Crippen molar-refractivity contribution in [3.63, 3.8) is 0 Å². The van der Waals surface area contributed by atoms with E-state index in [9.17, 15) is 4.79 Å². The molecule has 0 N–H and O–H groups in total. The van der Waals surface area contributed by atoms with Gasteiger partial charge < -0.3 is 4.42 Å². The van der Waals surface area contributed by atoms with Gasteiger partial charge in [0.25, 0.3) is 0 Å². The molecule has 19 heavy (non-hydrogen) atoms. The maximum absolute atomic E-state index is 12.7. The van der Waals surface area contributed by atoms with Gasteiger partial charge in [-0.1, -0.05) is 32.1 Å². The van der Waals surface area contributed by atoms with Crippen LogP contribution in [0.5, 0.6) is 0 Å². The standard InChI is InChI=1S/C17H18O2/c1-3-11(2)12-8-6-10-15-16(12)17(18)13-7-4-5-9-14(13)19-15/h4-5,7-9,11H,3,6,10H2,1-2H3. The molecule has 1 unspecified atom stereocenters. The maximum atomic E-state index is 12.7. The van der Waals surface area contributed by atoms with Crippen molar-refractivity contribution in [3.05, 3.63) is 51.9 Å². The fraction of sp³-hybridized carbons (Fsp3) is 0.353. The quantitative estimate of drug-likeness (QED) is 0.805. The lowest BCUT2D eigenvalue weighted by molar-refractivity contribution is 0.526. The summed E-state index contributed by atoms with van der Waals surface area (Å²) in [5.41, 5.74) is 2.82. The number of allylic oxidation sites excluding steroid dienone is 2. The summed E-state index contributed by atoms with van der Waals surface area (Å²) in [6.07, 6.45) is 5.04. The van der Waals surface area contributed by atoms with Crippen molar-refractivity contribution < 1.29 is 4.42 Å². The van der Waals surface area contributed by atoms with Crippen molar-refractivity contribution in [2.45, 2.75) is 33.1 Å². The van der Waals surface area contributed by atoms with Crippen LogP contribution in [0.3, 0.4) is 0 Å². The zero-order valence-corrected chi connectivity index (χ0v) is 11.4. The maximum Gasteiger partial charge on any atom is 0.200 e. The summed E-state index contributed by atoms with van der Waals surface area (Å²) in [4.78, 5) is 12.7. The van der Waals surface area contributed by atoms with Crippen LogP contribution in [0, 0.1) is 5.92 Å². The van der Waals surface area contributed by atoms with Crippen LogP contribution in [0.1, 0.15) is 38.0 Å². The number of benzene rings is 1. The van der Waals surface area contributed by atoms with Crippen LogP contribution in [0.25, 0.3) is 16.5 Å². The SMILES string of the molecule is CCC(C)C1=CCCc2oc3ccccc3c(=O)c21. The highest BCUT2D eigenvalue weighted by atomic mass is 16.3. The fourth-order valence-corrected chi connectivity index (χ4v) is 2.78. The number of para-hydroxylation sites is 1. The van der Waals surface area contributed by atoms with E-state index in [-0.39, 0.29) is 5.43 Å². The van der Waals surface area contributed by atoms with Crippen molar-refractivity contribution >= 4 is 16.5 Å². The molecule has 0 saturated heterocycles. The van der Waals surface area contributed by atoms with E-state index < -0.39 is 0 Å².